The van der Waals surface area contributed by atoms with E-state index in [-0.39, 0.29) is 17.9 Å². The topological polar surface area (TPSA) is 29.5 Å². The zero-order valence-electron chi connectivity index (χ0n) is 12.1. The molecule has 1 aromatic rings. The summed E-state index contributed by atoms with van der Waals surface area (Å²) in [5, 5.41) is 0.605. The van der Waals surface area contributed by atoms with Gasteiger partial charge in [-0.3, -0.25) is 9.69 Å². The first-order chi connectivity index (χ1) is 9.61. The van der Waals surface area contributed by atoms with Gasteiger partial charge in [-0.2, -0.15) is 0 Å². The number of ketones is 1. The van der Waals surface area contributed by atoms with Crippen LogP contribution < -0.4 is 0 Å². The second kappa shape index (κ2) is 7.21. The molecule has 20 heavy (non-hydrogen) atoms. The largest absolute Gasteiger partial charge is 0.377 e. The van der Waals surface area contributed by atoms with Gasteiger partial charge in [0.05, 0.1) is 12.1 Å². The number of nitrogens with zero attached hydrogens (tertiary/aromatic N) is 1. The van der Waals surface area contributed by atoms with Gasteiger partial charge >= 0.3 is 0 Å². The summed E-state index contributed by atoms with van der Waals surface area (Å²) in [6.45, 7) is 6.50. The van der Waals surface area contributed by atoms with E-state index in [9.17, 15) is 4.79 Å². The number of piperidine rings is 1. The number of carbonyl (C=O) groups excluding carboxylic acids is 1. The molecule has 1 aromatic carbocycles. The van der Waals surface area contributed by atoms with Crippen LogP contribution in [-0.2, 0) is 4.74 Å². The summed E-state index contributed by atoms with van der Waals surface area (Å²) >= 11 is 5.96. The fourth-order valence-corrected chi connectivity index (χ4v) is 2.93. The molecule has 0 radical (unpaired) electrons. The van der Waals surface area contributed by atoms with Crippen molar-refractivity contribution in [3.63, 3.8) is 0 Å². The van der Waals surface area contributed by atoms with E-state index < -0.39 is 0 Å². The number of benzene rings is 1. The van der Waals surface area contributed by atoms with Gasteiger partial charge in [0.25, 0.3) is 0 Å². The van der Waals surface area contributed by atoms with Gasteiger partial charge in [-0.05, 0) is 45.4 Å². The summed E-state index contributed by atoms with van der Waals surface area (Å²) in [6, 6.07) is 7.05. The Morgan fingerprint density at radius 1 is 1.55 bits per heavy atom. The molecule has 1 aliphatic rings. The molecule has 4 heteroatoms. The van der Waals surface area contributed by atoms with Gasteiger partial charge in [-0.1, -0.05) is 23.7 Å². The van der Waals surface area contributed by atoms with Gasteiger partial charge in [0, 0.05) is 23.7 Å². The fourth-order valence-electron chi connectivity index (χ4n) is 2.74. The molecule has 2 rings (SSSR count). The van der Waals surface area contributed by atoms with Crippen LogP contribution in [0.5, 0.6) is 0 Å². The van der Waals surface area contributed by atoms with Gasteiger partial charge in [0.2, 0.25) is 0 Å². The molecular weight excluding hydrogens is 274 g/mol. The maximum Gasteiger partial charge on any atom is 0.179 e. The molecule has 3 nitrogen and oxygen atoms in total. The lowest BCUT2D eigenvalue weighted by molar-refractivity contribution is -0.00290. The Kier molecular flexibility index (Phi) is 5.58. The van der Waals surface area contributed by atoms with Crippen LogP contribution in [0.25, 0.3) is 0 Å². The van der Waals surface area contributed by atoms with E-state index in [1.54, 1.807) is 12.1 Å². The lowest BCUT2D eigenvalue weighted by Gasteiger charge is -2.35. The Hall–Kier alpha value is -0.900. The van der Waals surface area contributed by atoms with Crippen LogP contribution in [-0.4, -0.2) is 42.5 Å². The van der Waals surface area contributed by atoms with E-state index in [0.29, 0.717) is 10.6 Å². The van der Waals surface area contributed by atoms with Crippen molar-refractivity contribution in [1.29, 1.82) is 0 Å². The van der Waals surface area contributed by atoms with Crippen molar-refractivity contribution >= 4 is 17.4 Å². The van der Waals surface area contributed by atoms with Crippen molar-refractivity contribution in [1.82, 2.24) is 4.90 Å². The molecule has 0 aliphatic carbocycles. The maximum absolute atomic E-state index is 12.5. The van der Waals surface area contributed by atoms with Crippen LogP contribution >= 0.6 is 11.6 Å². The van der Waals surface area contributed by atoms with Crippen LogP contribution in [0.3, 0.4) is 0 Å². The standard InChI is InChI=1S/C16H22ClNO2/c1-3-20-15-8-5-9-18(11-15)12(2)16(19)13-6-4-7-14(17)10-13/h4,6-7,10,12,15H,3,5,8-9,11H2,1-2H3. The summed E-state index contributed by atoms with van der Waals surface area (Å²) in [5.74, 6) is 0.129. The molecule has 0 aromatic heterocycles. The smallest absolute Gasteiger partial charge is 0.179 e. The first-order valence-electron chi connectivity index (χ1n) is 7.27. The van der Waals surface area contributed by atoms with Crippen LogP contribution in [0.1, 0.15) is 37.0 Å². The Balaban J connectivity index is 2.02. The van der Waals surface area contributed by atoms with Gasteiger partial charge in [-0.25, -0.2) is 0 Å². The van der Waals surface area contributed by atoms with Crippen LogP contribution in [0.4, 0.5) is 0 Å². The van der Waals surface area contributed by atoms with E-state index in [0.717, 1.165) is 32.5 Å². The minimum absolute atomic E-state index is 0.128. The fraction of sp³-hybridized carbons (Fsp3) is 0.562. The molecule has 0 spiro atoms. The highest BCUT2D eigenvalue weighted by Gasteiger charge is 2.28. The Morgan fingerprint density at radius 2 is 2.35 bits per heavy atom. The van der Waals surface area contributed by atoms with E-state index in [4.69, 9.17) is 16.3 Å². The predicted octanol–water partition coefficient (Wildman–Crippen LogP) is 3.41. The lowest BCUT2D eigenvalue weighted by atomic mass is 10.0. The van der Waals surface area contributed by atoms with Gasteiger partial charge in [-0.15, -0.1) is 0 Å². The quantitative estimate of drug-likeness (QED) is 0.780. The average molecular weight is 296 g/mol. The minimum atomic E-state index is -0.128. The summed E-state index contributed by atoms with van der Waals surface area (Å²) in [4.78, 5) is 14.7. The molecule has 0 N–H and O–H groups in total. The normalized spacial score (nSPS) is 21.6. The van der Waals surface area contributed by atoms with Crippen LogP contribution in [0, 0.1) is 0 Å². The highest BCUT2D eigenvalue weighted by molar-refractivity contribution is 6.31. The van der Waals surface area contributed by atoms with Crippen LogP contribution in [0.2, 0.25) is 5.02 Å². The van der Waals surface area contributed by atoms with Gasteiger partial charge in [0.1, 0.15) is 0 Å². The highest BCUT2D eigenvalue weighted by atomic mass is 35.5. The molecule has 1 saturated heterocycles. The van der Waals surface area contributed by atoms with Crippen molar-refractivity contribution < 1.29 is 9.53 Å². The molecule has 110 valence electrons. The number of Topliss-reactive ketones (excluding diaryl/α,β-unsaturated/α-hetero) is 1. The van der Waals surface area contributed by atoms with E-state index in [2.05, 4.69) is 4.90 Å². The Labute approximate surface area is 125 Å². The maximum atomic E-state index is 12.5. The highest BCUT2D eigenvalue weighted by Crippen LogP contribution is 2.19. The van der Waals surface area contributed by atoms with E-state index in [1.165, 1.54) is 0 Å². The average Bonchev–Trinajstić information content (AvgIpc) is 2.46. The lowest BCUT2D eigenvalue weighted by Crippen LogP contribution is -2.47. The second-order valence-corrected chi connectivity index (χ2v) is 5.70. The number of likely N-dealkylation sites (tertiary alicyclic amines) is 1. The monoisotopic (exact) mass is 295 g/mol. The number of hydrogen-bond acceptors (Lipinski definition) is 3. The molecule has 2 unspecified atom stereocenters. The van der Waals surface area contributed by atoms with Gasteiger partial charge in [0.15, 0.2) is 5.78 Å². The molecule has 2 atom stereocenters. The van der Waals surface area contributed by atoms with Crippen molar-refractivity contribution in [2.24, 2.45) is 0 Å². The zero-order valence-corrected chi connectivity index (χ0v) is 12.9. The Bertz CT molecular complexity index is 462. The number of hydrogen-bond donors (Lipinski definition) is 0. The summed E-state index contributed by atoms with van der Waals surface area (Å²) in [7, 11) is 0. The van der Waals surface area contributed by atoms with E-state index >= 15 is 0 Å². The molecule has 1 aliphatic heterocycles. The third-order valence-corrected chi connectivity index (χ3v) is 4.08. The number of carbonyl (C=O) groups is 1. The summed E-state index contributed by atoms with van der Waals surface area (Å²) in [6.07, 6.45) is 2.42. The first-order valence-corrected chi connectivity index (χ1v) is 7.65. The van der Waals surface area contributed by atoms with Crippen molar-refractivity contribution in [3.05, 3.63) is 34.9 Å². The number of halogens is 1. The van der Waals surface area contributed by atoms with Crippen molar-refractivity contribution in [3.8, 4) is 0 Å². The third-order valence-electron chi connectivity index (χ3n) is 3.85. The molecule has 0 saturated carbocycles. The first kappa shape index (κ1) is 15.5. The molecule has 0 amide bonds. The van der Waals surface area contributed by atoms with E-state index in [1.807, 2.05) is 26.0 Å². The summed E-state index contributed by atoms with van der Waals surface area (Å²) in [5.41, 5.74) is 0.684. The number of ether oxygens (including phenoxy) is 1. The van der Waals surface area contributed by atoms with Gasteiger partial charge < -0.3 is 4.74 Å². The molecule has 1 fully saturated rings. The molecule has 1 heterocycles. The molecule has 0 bridgehead atoms. The zero-order chi connectivity index (χ0) is 14.5. The van der Waals surface area contributed by atoms with Crippen LogP contribution in [0.15, 0.2) is 24.3 Å². The Morgan fingerprint density at radius 3 is 3.05 bits per heavy atom. The van der Waals surface area contributed by atoms with Crippen molar-refractivity contribution in [2.75, 3.05) is 19.7 Å². The minimum Gasteiger partial charge on any atom is -0.377 e. The second-order valence-electron chi connectivity index (χ2n) is 5.27. The number of rotatable bonds is 5. The SMILES string of the molecule is CCOC1CCCN(C(C)C(=O)c2cccc(Cl)c2)C1. The third kappa shape index (κ3) is 3.81. The summed E-state index contributed by atoms with van der Waals surface area (Å²) < 4.78 is 5.69. The predicted molar refractivity (Wildman–Crippen MR) is 81.5 cm³/mol. The van der Waals surface area contributed by atoms with Crippen molar-refractivity contribution in [2.45, 2.75) is 38.8 Å². The molecular formula is C16H22ClNO2.